The Morgan fingerprint density at radius 3 is 1.13 bits per heavy atom. The van der Waals surface area contributed by atoms with Crippen molar-refractivity contribution in [3.05, 3.63) is 119 Å². The first-order chi connectivity index (χ1) is 14.3. The number of benzene rings is 3. The maximum Gasteiger partial charge on any atom is 0.123 e. The van der Waals surface area contributed by atoms with E-state index in [1.807, 2.05) is 24.3 Å². The van der Waals surface area contributed by atoms with Crippen LogP contribution < -0.4 is 0 Å². The molecule has 0 saturated heterocycles. The largest absolute Gasteiger partial charge is 0.207 e. The minimum atomic E-state index is -0.192. The number of halogens is 2. The number of allylic oxidation sites excluding steroid dienone is 4. The van der Waals surface area contributed by atoms with Crippen LogP contribution in [0.5, 0.6) is 0 Å². The molecule has 30 heavy (non-hydrogen) atoms. The summed E-state index contributed by atoms with van der Waals surface area (Å²) in [5.41, 5.74) is 7.45. The summed E-state index contributed by atoms with van der Waals surface area (Å²) in [7, 11) is 0. The zero-order chi connectivity index (χ0) is 20.9. The van der Waals surface area contributed by atoms with E-state index in [0.29, 0.717) is 0 Å². The van der Waals surface area contributed by atoms with E-state index in [1.54, 1.807) is 0 Å². The van der Waals surface area contributed by atoms with Gasteiger partial charge in [-0.1, -0.05) is 74.5 Å². The maximum absolute atomic E-state index is 13.2. The highest BCUT2D eigenvalue weighted by molar-refractivity contribution is 5.79. The van der Waals surface area contributed by atoms with Crippen molar-refractivity contribution >= 4 is 11.1 Å². The Morgan fingerprint density at radius 1 is 0.533 bits per heavy atom. The third kappa shape index (κ3) is 3.21. The zero-order valence-electron chi connectivity index (χ0n) is 17.3. The van der Waals surface area contributed by atoms with Gasteiger partial charge in [0, 0.05) is 10.8 Å². The van der Waals surface area contributed by atoms with Gasteiger partial charge in [0.2, 0.25) is 0 Å². The minimum Gasteiger partial charge on any atom is -0.207 e. The van der Waals surface area contributed by atoms with Gasteiger partial charge in [-0.05, 0) is 70.5 Å². The first-order valence-corrected chi connectivity index (χ1v) is 10.4. The Hall–Kier alpha value is -3.00. The second kappa shape index (κ2) is 6.77. The molecule has 150 valence electrons. The van der Waals surface area contributed by atoms with Gasteiger partial charge in [0.15, 0.2) is 0 Å². The lowest BCUT2D eigenvalue weighted by molar-refractivity contribution is 0.564. The summed E-state index contributed by atoms with van der Waals surface area (Å²) >= 11 is 0. The second-order valence-electron chi connectivity index (χ2n) is 9.12. The first-order valence-electron chi connectivity index (χ1n) is 10.4. The maximum atomic E-state index is 13.2. The molecule has 0 spiro atoms. The van der Waals surface area contributed by atoms with Crippen molar-refractivity contribution in [1.82, 2.24) is 0 Å². The second-order valence-corrected chi connectivity index (χ2v) is 9.12. The third-order valence-corrected chi connectivity index (χ3v) is 6.73. The lowest BCUT2D eigenvalue weighted by Crippen LogP contribution is -2.28. The molecule has 0 fully saturated rings. The van der Waals surface area contributed by atoms with Crippen LogP contribution in [0.15, 0.2) is 84.9 Å². The van der Waals surface area contributed by atoms with E-state index in [0.717, 1.165) is 24.0 Å². The van der Waals surface area contributed by atoms with Crippen LogP contribution in [0.25, 0.3) is 11.1 Å². The monoisotopic (exact) mass is 398 g/mol. The molecule has 2 aliphatic carbocycles. The van der Waals surface area contributed by atoms with E-state index >= 15 is 0 Å². The lowest BCUT2D eigenvalue weighted by Gasteiger charge is -2.38. The van der Waals surface area contributed by atoms with Gasteiger partial charge in [0.05, 0.1) is 0 Å². The van der Waals surface area contributed by atoms with Crippen molar-refractivity contribution in [2.24, 2.45) is 0 Å². The van der Waals surface area contributed by atoms with Gasteiger partial charge in [0.1, 0.15) is 11.6 Å². The summed E-state index contributed by atoms with van der Waals surface area (Å²) in [6, 6.07) is 22.4. The van der Waals surface area contributed by atoms with Crippen molar-refractivity contribution in [3.8, 4) is 0 Å². The summed E-state index contributed by atoms with van der Waals surface area (Å²) in [5, 5.41) is 0. The molecule has 0 heterocycles. The summed E-state index contributed by atoms with van der Waals surface area (Å²) in [4.78, 5) is 0. The Balaban J connectivity index is 1.31. The highest BCUT2D eigenvalue weighted by atomic mass is 19.1. The van der Waals surface area contributed by atoms with Gasteiger partial charge in [-0.15, -0.1) is 0 Å². The lowest BCUT2D eigenvalue weighted by atomic mass is 9.65. The molecule has 0 bridgehead atoms. The topological polar surface area (TPSA) is 0 Å². The Kier molecular flexibility index (Phi) is 4.28. The molecular formula is C28H24F2. The fourth-order valence-electron chi connectivity index (χ4n) is 4.80. The average Bonchev–Trinajstić information content (AvgIpc) is 2.70. The van der Waals surface area contributed by atoms with Crippen LogP contribution in [0.2, 0.25) is 0 Å². The Morgan fingerprint density at radius 2 is 0.833 bits per heavy atom. The van der Waals surface area contributed by atoms with Gasteiger partial charge in [-0.25, -0.2) is 8.78 Å². The Bertz CT molecular complexity index is 1060. The molecule has 0 unspecified atom stereocenters. The molecule has 0 radical (unpaired) electrons. The van der Waals surface area contributed by atoms with Crippen molar-refractivity contribution in [2.75, 3.05) is 0 Å². The smallest absolute Gasteiger partial charge is 0.123 e. The molecule has 0 saturated carbocycles. The van der Waals surface area contributed by atoms with E-state index in [2.05, 4.69) is 50.3 Å². The highest BCUT2D eigenvalue weighted by Gasteiger charge is 2.35. The fraction of sp³-hybridized carbons (Fsp3) is 0.214. The molecular weight excluding hydrogens is 374 g/mol. The Labute approximate surface area is 176 Å². The minimum absolute atomic E-state index is 0.0187. The highest BCUT2D eigenvalue weighted by Crippen LogP contribution is 2.48. The van der Waals surface area contributed by atoms with Crippen molar-refractivity contribution in [3.63, 3.8) is 0 Å². The van der Waals surface area contributed by atoms with Crippen molar-refractivity contribution < 1.29 is 8.78 Å². The zero-order valence-corrected chi connectivity index (χ0v) is 17.3. The molecule has 5 rings (SSSR count). The standard InChI is InChI=1S/C28H24F2/c1-27(23-7-11-25(29)12-8-23)15-21(16-27)19-3-5-20(6-4-19)22-17-28(2,18-22)24-9-13-26(30)14-10-24/h3-15,17H,16,18H2,1-2H3/t27-,28-/m0/s1. The average molecular weight is 398 g/mol. The van der Waals surface area contributed by atoms with E-state index in [1.165, 1.54) is 46.5 Å². The van der Waals surface area contributed by atoms with E-state index in [-0.39, 0.29) is 22.5 Å². The van der Waals surface area contributed by atoms with Gasteiger partial charge >= 0.3 is 0 Å². The predicted molar refractivity (Wildman–Crippen MR) is 119 cm³/mol. The summed E-state index contributed by atoms with van der Waals surface area (Å²) in [6.45, 7) is 4.40. The molecule has 0 N–H and O–H groups in total. The predicted octanol–water partition coefficient (Wildman–Crippen LogP) is 7.45. The molecule has 0 amide bonds. The molecule has 0 aromatic heterocycles. The quantitative estimate of drug-likeness (QED) is 0.428. The molecule has 0 aliphatic heterocycles. The van der Waals surface area contributed by atoms with E-state index in [4.69, 9.17) is 0 Å². The van der Waals surface area contributed by atoms with Crippen LogP contribution in [-0.2, 0) is 10.8 Å². The fourth-order valence-corrected chi connectivity index (χ4v) is 4.80. The van der Waals surface area contributed by atoms with Gasteiger partial charge in [-0.2, -0.15) is 0 Å². The number of rotatable bonds is 4. The number of hydrogen-bond donors (Lipinski definition) is 0. The van der Waals surface area contributed by atoms with Gasteiger partial charge in [-0.3, -0.25) is 0 Å². The van der Waals surface area contributed by atoms with Crippen LogP contribution in [0, 0.1) is 11.6 Å². The molecule has 2 atom stereocenters. The van der Waals surface area contributed by atoms with Crippen LogP contribution in [0.3, 0.4) is 0 Å². The van der Waals surface area contributed by atoms with Crippen LogP contribution in [0.4, 0.5) is 8.78 Å². The van der Waals surface area contributed by atoms with Gasteiger partial charge < -0.3 is 0 Å². The summed E-state index contributed by atoms with van der Waals surface area (Å²) in [6.07, 6.45) is 6.51. The number of hydrogen-bond acceptors (Lipinski definition) is 0. The van der Waals surface area contributed by atoms with E-state index < -0.39 is 0 Å². The normalized spacial score (nSPS) is 25.1. The molecule has 3 aromatic rings. The van der Waals surface area contributed by atoms with Crippen LogP contribution in [0.1, 0.15) is 48.9 Å². The van der Waals surface area contributed by atoms with Crippen molar-refractivity contribution in [2.45, 2.75) is 37.5 Å². The van der Waals surface area contributed by atoms with Crippen molar-refractivity contribution in [1.29, 1.82) is 0 Å². The summed E-state index contributed by atoms with van der Waals surface area (Å²) < 4.78 is 26.4. The van der Waals surface area contributed by atoms with Crippen LogP contribution >= 0.6 is 0 Å². The molecule has 3 aromatic carbocycles. The molecule has 2 heteroatoms. The summed E-state index contributed by atoms with van der Waals surface area (Å²) in [5.74, 6) is -0.385. The molecule has 0 nitrogen and oxygen atoms in total. The molecule has 2 aliphatic rings. The van der Waals surface area contributed by atoms with E-state index in [9.17, 15) is 8.78 Å². The van der Waals surface area contributed by atoms with Gasteiger partial charge in [0.25, 0.3) is 0 Å². The van der Waals surface area contributed by atoms with Crippen LogP contribution in [-0.4, -0.2) is 0 Å². The first kappa shape index (κ1) is 19.0. The SMILES string of the molecule is C[C@]1(c2ccc(F)cc2)C=C(c2ccc(C3=C[C@](C)(c4ccc(F)cc4)C3)cc2)C1. The third-order valence-electron chi connectivity index (χ3n) is 6.73.